The van der Waals surface area contributed by atoms with Crippen LogP contribution in [0.1, 0.15) is 18.2 Å². The fourth-order valence-corrected chi connectivity index (χ4v) is 2.49. The number of benzene rings is 1. The van der Waals surface area contributed by atoms with Gasteiger partial charge in [-0.25, -0.2) is 9.78 Å². The fourth-order valence-electron chi connectivity index (χ4n) is 1.55. The van der Waals surface area contributed by atoms with E-state index >= 15 is 0 Å². The molecule has 1 amide bonds. The third kappa shape index (κ3) is 5.31. The molecule has 1 N–H and O–H groups in total. The molecule has 0 unspecified atom stereocenters. The van der Waals surface area contributed by atoms with Crippen molar-refractivity contribution in [2.45, 2.75) is 13.5 Å². The molecule has 0 aliphatic rings. The Labute approximate surface area is 136 Å². The zero-order valence-corrected chi connectivity index (χ0v) is 13.3. The lowest BCUT2D eigenvalue weighted by molar-refractivity contribution is -0.139. The molecule has 0 aliphatic heterocycles. The monoisotopic (exact) mass is 336 g/mol. The molecule has 7 heteroatoms. The normalized spacial score (nSPS) is 10.6. The molecule has 0 spiro atoms. The number of aromatic nitrogens is 1. The first-order chi connectivity index (χ1) is 10.5. The summed E-state index contributed by atoms with van der Waals surface area (Å²) in [6.45, 7) is 1.45. The molecule has 1 aromatic carbocycles. The molecule has 0 fully saturated rings. The molecule has 0 saturated carbocycles. The van der Waals surface area contributed by atoms with E-state index < -0.39 is 5.97 Å². The molecular formula is C15H13ClN2O3S. The Morgan fingerprint density at radius 2 is 2.27 bits per heavy atom. The van der Waals surface area contributed by atoms with Crippen molar-refractivity contribution in [1.29, 1.82) is 0 Å². The van der Waals surface area contributed by atoms with E-state index in [9.17, 15) is 9.59 Å². The number of amides is 1. The van der Waals surface area contributed by atoms with Crippen LogP contribution in [-0.4, -0.2) is 16.9 Å². The average Bonchev–Trinajstić information content (AvgIpc) is 2.90. The van der Waals surface area contributed by atoms with Crippen LogP contribution in [0.2, 0.25) is 5.02 Å². The Morgan fingerprint density at radius 1 is 1.45 bits per heavy atom. The summed E-state index contributed by atoms with van der Waals surface area (Å²) < 4.78 is 5.07. The summed E-state index contributed by atoms with van der Waals surface area (Å²) in [7, 11) is 0. The van der Waals surface area contributed by atoms with Gasteiger partial charge in [0.15, 0.2) is 5.13 Å². The number of carbonyl (C=O) groups excluding carboxylic acids is 2. The first kappa shape index (κ1) is 16.2. The van der Waals surface area contributed by atoms with Gasteiger partial charge in [0.2, 0.25) is 5.91 Å². The zero-order chi connectivity index (χ0) is 15.9. The maximum Gasteiger partial charge on any atom is 0.331 e. The van der Waals surface area contributed by atoms with E-state index in [1.54, 1.807) is 29.7 Å². The second kappa shape index (κ2) is 7.72. The van der Waals surface area contributed by atoms with E-state index in [1.165, 1.54) is 24.3 Å². The predicted molar refractivity (Wildman–Crippen MR) is 86.7 cm³/mol. The Bertz CT molecular complexity index is 712. The molecular weight excluding hydrogens is 324 g/mol. The van der Waals surface area contributed by atoms with Crippen molar-refractivity contribution in [2.24, 2.45) is 0 Å². The second-order valence-electron chi connectivity index (χ2n) is 4.32. The topological polar surface area (TPSA) is 68.3 Å². The van der Waals surface area contributed by atoms with Crippen LogP contribution in [0.4, 0.5) is 5.13 Å². The number of esters is 1. The summed E-state index contributed by atoms with van der Waals surface area (Å²) in [6, 6.07) is 7.12. The Hall–Kier alpha value is -2.18. The summed E-state index contributed by atoms with van der Waals surface area (Å²) in [4.78, 5) is 26.6. The summed E-state index contributed by atoms with van der Waals surface area (Å²) in [5, 5.41) is 5.37. The number of anilines is 1. The molecule has 114 valence electrons. The number of ether oxygens (including phenoxy) is 1. The summed E-state index contributed by atoms with van der Waals surface area (Å²) >= 11 is 7.13. The average molecular weight is 337 g/mol. The standard InChI is InChI=1S/C15H13ClN2O3S/c1-10(19)17-15-18-13(9-22-15)8-21-14(20)6-5-11-3-2-4-12(16)7-11/h2-7,9H,8H2,1H3,(H,17,18,19)/b6-5+. The molecule has 1 aromatic heterocycles. The maximum atomic E-state index is 11.6. The van der Waals surface area contributed by atoms with Crippen LogP contribution in [-0.2, 0) is 20.9 Å². The molecule has 5 nitrogen and oxygen atoms in total. The Balaban J connectivity index is 1.85. The lowest BCUT2D eigenvalue weighted by atomic mass is 10.2. The van der Waals surface area contributed by atoms with Crippen molar-refractivity contribution in [3.63, 3.8) is 0 Å². The highest BCUT2D eigenvalue weighted by Crippen LogP contribution is 2.16. The number of halogens is 1. The fraction of sp³-hybridized carbons (Fsp3) is 0.133. The number of nitrogens with one attached hydrogen (secondary N) is 1. The first-order valence-electron chi connectivity index (χ1n) is 6.35. The number of carbonyl (C=O) groups is 2. The minimum Gasteiger partial charge on any atom is -0.456 e. The molecule has 0 atom stereocenters. The van der Waals surface area contributed by atoms with E-state index in [2.05, 4.69) is 10.3 Å². The minimum absolute atomic E-state index is 0.0504. The van der Waals surface area contributed by atoms with Crippen LogP contribution < -0.4 is 5.32 Å². The molecule has 0 aliphatic carbocycles. The summed E-state index contributed by atoms with van der Waals surface area (Å²) in [5.74, 6) is -0.670. The van der Waals surface area contributed by atoms with E-state index in [-0.39, 0.29) is 12.5 Å². The molecule has 2 rings (SSSR count). The zero-order valence-electron chi connectivity index (χ0n) is 11.7. The van der Waals surface area contributed by atoms with Gasteiger partial charge in [0.1, 0.15) is 6.61 Å². The highest BCUT2D eigenvalue weighted by molar-refractivity contribution is 7.13. The van der Waals surface area contributed by atoms with Crippen molar-refractivity contribution in [1.82, 2.24) is 4.98 Å². The quantitative estimate of drug-likeness (QED) is 0.670. The number of thiazole rings is 1. The maximum absolute atomic E-state index is 11.6. The Kier molecular flexibility index (Phi) is 5.68. The van der Waals surface area contributed by atoms with Crippen molar-refractivity contribution in [3.05, 3.63) is 52.0 Å². The highest BCUT2D eigenvalue weighted by atomic mass is 35.5. The number of rotatable bonds is 5. The van der Waals surface area contributed by atoms with Gasteiger partial charge in [0, 0.05) is 23.4 Å². The molecule has 2 aromatic rings. The first-order valence-corrected chi connectivity index (χ1v) is 7.61. The summed E-state index contributed by atoms with van der Waals surface area (Å²) in [5.41, 5.74) is 1.39. The van der Waals surface area contributed by atoms with Crippen LogP contribution >= 0.6 is 22.9 Å². The third-order valence-corrected chi connectivity index (χ3v) is 3.50. The number of hydrogen-bond acceptors (Lipinski definition) is 5. The van der Waals surface area contributed by atoms with E-state index in [4.69, 9.17) is 16.3 Å². The van der Waals surface area contributed by atoms with Gasteiger partial charge >= 0.3 is 5.97 Å². The van der Waals surface area contributed by atoms with Crippen LogP contribution in [0.25, 0.3) is 6.08 Å². The minimum atomic E-state index is -0.478. The van der Waals surface area contributed by atoms with Crippen LogP contribution in [0.15, 0.2) is 35.7 Å². The van der Waals surface area contributed by atoms with E-state index in [0.717, 1.165) is 5.56 Å². The van der Waals surface area contributed by atoms with Gasteiger partial charge in [0.25, 0.3) is 0 Å². The molecule has 22 heavy (non-hydrogen) atoms. The van der Waals surface area contributed by atoms with Gasteiger partial charge < -0.3 is 10.1 Å². The van der Waals surface area contributed by atoms with Gasteiger partial charge in [0.05, 0.1) is 5.69 Å². The van der Waals surface area contributed by atoms with Crippen LogP contribution in [0, 0.1) is 0 Å². The molecule has 0 bridgehead atoms. The molecule has 0 saturated heterocycles. The third-order valence-electron chi connectivity index (χ3n) is 2.46. The van der Waals surface area contributed by atoms with Crippen molar-refractivity contribution >= 4 is 46.0 Å². The SMILES string of the molecule is CC(=O)Nc1nc(COC(=O)/C=C/c2cccc(Cl)c2)cs1. The van der Waals surface area contributed by atoms with Gasteiger partial charge in [-0.05, 0) is 23.8 Å². The van der Waals surface area contributed by atoms with Gasteiger partial charge in [-0.3, -0.25) is 4.79 Å². The number of hydrogen-bond donors (Lipinski definition) is 1. The largest absolute Gasteiger partial charge is 0.456 e. The number of nitrogens with zero attached hydrogens (tertiary/aromatic N) is 1. The highest BCUT2D eigenvalue weighted by Gasteiger charge is 2.05. The van der Waals surface area contributed by atoms with Crippen molar-refractivity contribution in [2.75, 3.05) is 5.32 Å². The lowest BCUT2D eigenvalue weighted by Crippen LogP contribution is -2.06. The van der Waals surface area contributed by atoms with Crippen molar-refractivity contribution < 1.29 is 14.3 Å². The van der Waals surface area contributed by atoms with Crippen LogP contribution in [0.3, 0.4) is 0 Å². The van der Waals surface area contributed by atoms with Gasteiger partial charge in [-0.2, -0.15) is 0 Å². The summed E-state index contributed by atoms with van der Waals surface area (Å²) in [6.07, 6.45) is 2.95. The predicted octanol–water partition coefficient (Wildman–Crippen LogP) is 3.51. The lowest BCUT2D eigenvalue weighted by Gasteiger charge is -1.99. The smallest absolute Gasteiger partial charge is 0.331 e. The van der Waals surface area contributed by atoms with E-state index in [0.29, 0.717) is 15.8 Å². The van der Waals surface area contributed by atoms with Gasteiger partial charge in [-0.15, -0.1) is 11.3 Å². The second-order valence-corrected chi connectivity index (χ2v) is 5.62. The van der Waals surface area contributed by atoms with Crippen molar-refractivity contribution in [3.8, 4) is 0 Å². The molecule has 0 radical (unpaired) electrons. The Morgan fingerprint density at radius 3 is 3.00 bits per heavy atom. The van der Waals surface area contributed by atoms with Gasteiger partial charge in [-0.1, -0.05) is 23.7 Å². The van der Waals surface area contributed by atoms with E-state index in [1.807, 2.05) is 6.07 Å². The van der Waals surface area contributed by atoms with Crippen LogP contribution in [0.5, 0.6) is 0 Å². The molecule has 1 heterocycles.